The van der Waals surface area contributed by atoms with Crippen molar-refractivity contribution in [2.45, 2.75) is 33.4 Å². The Labute approximate surface area is 94.5 Å². The number of hydrogen-bond acceptors (Lipinski definition) is 0. The minimum absolute atomic E-state index is 0.253. The highest BCUT2D eigenvalue weighted by atomic mass is 19.4. The fourth-order valence-electron chi connectivity index (χ4n) is 1.56. The van der Waals surface area contributed by atoms with Crippen molar-refractivity contribution in [3.8, 4) is 0 Å². The summed E-state index contributed by atoms with van der Waals surface area (Å²) in [6.45, 7) is 6.04. The van der Waals surface area contributed by atoms with Gasteiger partial charge in [0.15, 0.2) is 0 Å². The van der Waals surface area contributed by atoms with Crippen molar-refractivity contribution < 1.29 is 13.2 Å². The van der Waals surface area contributed by atoms with Gasteiger partial charge in [0.1, 0.15) is 0 Å². The van der Waals surface area contributed by atoms with Crippen LogP contribution in [0.4, 0.5) is 13.2 Å². The summed E-state index contributed by atoms with van der Waals surface area (Å²) in [5.74, 6) is 0.643. The molecule has 0 radical (unpaired) electrons. The quantitative estimate of drug-likeness (QED) is 0.715. The number of alkyl halides is 3. The monoisotopic (exact) mass is 230 g/mol. The number of benzene rings is 1. The Morgan fingerprint density at radius 3 is 2.12 bits per heavy atom. The average molecular weight is 230 g/mol. The summed E-state index contributed by atoms with van der Waals surface area (Å²) in [5, 5.41) is 0. The van der Waals surface area contributed by atoms with Gasteiger partial charge in [0.2, 0.25) is 0 Å². The van der Waals surface area contributed by atoms with E-state index >= 15 is 0 Å². The van der Waals surface area contributed by atoms with Crippen LogP contribution in [0.15, 0.2) is 24.3 Å². The first-order chi connectivity index (χ1) is 7.32. The molecule has 90 valence electrons. The van der Waals surface area contributed by atoms with Gasteiger partial charge in [-0.25, -0.2) is 0 Å². The van der Waals surface area contributed by atoms with Crippen molar-refractivity contribution in [2.24, 2.45) is 11.8 Å². The Balaban J connectivity index is 2.96. The third-order valence-electron chi connectivity index (χ3n) is 3.00. The molecule has 0 aromatic heterocycles. The second-order valence-electron chi connectivity index (χ2n) is 4.58. The van der Waals surface area contributed by atoms with E-state index in [9.17, 15) is 13.2 Å². The summed E-state index contributed by atoms with van der Waals surface area (Å²) in [4.78, 5) is 0. The Kier molecular flexibility index (Phi) is 4.00. The summed E-state index contributed by atoms with van der Waals surface area (Å²) >= 11 is 0. The van der Waals surface area contributed by atoms with Crippen LogP contribution < -0.4 is 0 Å². The number of rotatable bonds is 3. The molecule has 0 aliphatic heterocycles. The minimum Gasteiger partial charge on any atom is -0.166 e. The lowest BCUT2D eigenvalue weighted by atomic mass is 9.89. The van der Waals surface area contributed by atoms with Crippen molar-refractivity contribution in [3.63, 3.8) is 0 Å². The molecular weight excluding hydrogens is 213 g/mol. The molecule has 1 aromatic rings. The van der Waals surface area contributed by atoms with Gasteiger partial charge in [0.05, 0.1) is 5.56 Å². The highest BCUT2D eigenvalue weighted by Crippen LogP contribution is 2.33. The van der Waals surface area contributed by atoms with E-state index in [-0.39, 0.29) is 5.92 Å². The maximum absolute atomic E-state index is 12.7. The van der Waals surface area contributed by atoms with E-state index in [1.165, 1.54) is 6.07 Å². The maximum Gasteiger partial charge on any atom is 0.416 e. The van der Waals surface area contributed by atoms with Crippen molar-refractivity contribution in [1.82, 2.24) is 0 Å². The molecule has 3 heteroatoms. The topological polar surface area (TPSA) is 0 Å². The van der Waals surface area contributed by atoms with Gasteiger partial charge < -0.3 is 0 Å². The molecule has 0 fully saturated rings. The van der Waals surface area contributed by atoms with Crippen LogP contribution in [0.2, 0.25) is 0 Å². The van der Waals surface area contributed by atoms with Gasteiger partial charge in [-0.15, -0.1) is 0 Å². The maximum atomic E-state index is 12.7. The van der Waals surface area contributed by atoms with E-state index in [4.69, 9.17) is 0 Å². The number of halogens is 3. The lowest BCUT2D eigenvalue weighted by Gasteiger charge is -2.18. The molecule has 0 spiro atoms. The Morgan fingerprint density at radius 1 is 1.06 bits per heavy atom. The van der Waals surface area contributed by atoms with Crippen molar-refractivity contribution in [2.75, 3.05) is 0 Å². The molecule has 0 bridgehead atoms. The highest BCUT2D eigenvalue weighted by molar-refractivity contribution is 5.30. The van der Waals surface area contributed by atoms with Crippen LogP contribution in [0.3, 0.4) is 0 Å². The summed E-state index contributed by atoms with van der Waals surface area (Å²) in [6.07, 6.45) is -3.76. The minimum atomic E-state index is -4.24. The lowest BCUT2D eigenvalue weighted by Crippen LogP contribution is -2.13. The van der Waals surface area contributed by atoms with Crippen LogP contribution in [0.1, 0.15) is 31.9 Å². The molecule has 0 nitrogen and oxygen atoms in total. The van der Waals surface area contributed by atoms with Gasteiger partial charge in [-0.05, 0) is 29.9 Å². The van der Waals surface area contributed by atoms with Crippen molar-refractivity contribution in [1.29, 1.82) is 0 Å². The normalized spacial score (nSPS) is 14.2. The van der Waals surface area contributed by atoms with Crippen molar-refractivity contribution in [3.05, 3.63) is 35.4 Å². The largest absolute Gasteiger partial charge is 0.416 e. The van der Waals surface area contributed by atoms with Gasteiger partial charge in [-0.1, -0.05) is 39.0 Å². The molecule has 1 aromatic carbocycles. The zero-order valence-corrected chi connectivity index (χ0v) is 9.81. The van der Waals surface area contributed by atoms with Crippen molar-refractivity contribution >= 4 is 0 Å². The molecule has 16 heavy (non-hydrogen) atoms. The molecule has 1 atom stereocenters. The first-order valence-electron chi connectivity index (χ1n) is 5.47. The standard InChI is InChI=1S/C13H17F3/c1-9(2)10(3)8-11-6-4-5-7-12(11)13(14,15)16/h4-7,9-10H,8H2,1-3H3. The molecule has 0 saturated heterocycles. The van der Waals surface area contributed by atoms with E-state index < -0.39 is 11.7 Å². The fourth-order valence-corrected chi connectivity index (χ4v) is 1.56. The molecule has 0 amide bonds. The predicted octanol–water partition coefficient (Wildman–Crippen LogP) is 4.54. The van der Waals surface area contributed by atoms with E-state index in [2.05, 4.69) is 0 Å². The summed E-state index contributed by atoms with van der Waals surface area (Å²) < 4.78 is 38.1. The molecule has 0 heterocycles. The molecule has 0 aliphatic carbocycles. The zero-order chi connectivity index (χ0) is 12.3. The molecule has 0 saturated carbocycles. The smallest absolute Gasteiger partial charge is 0.166 e. The molecule has 1 unspecified atom stereocenters. The van der Waals surface area contributed by atoms with Crippen LogP contribution in [0.5, 0.6) is 0 Å². The van der Waals surface area contributed by atoms with Gasteiger partial charge in [-0.3, -0.25) is 0 Å². The zero-order valence-electron chi connectivity index (χ0n) is 9.81. The lowest BCUT2D eigenvalue weighted by molar-refractivity contribution is -0.138. The van der Waals surface area contributed by atoms with Crippen LogP contribution in [-0.4, -0.2) is 0 Å². The van der Waals surface area contributed by atoms with E-state index in [1.54, 1.807) is 12.1 Å². The third kappa shape index (κ3) is 3.26. The van der Waals surface area contributed by atoms with Gasteiger partial charge >= 0.3 is 6.18 Å². The second kappa shape index (κ2) is 4.89. The third-order valence-corrected chi connectivity index (χ3v) is 3.00. The van der Waals surface area contributed by atoms with Gasteiger partial charge in [0.25, 0.3) is 0 Å². The van der Waals surface area contributed by atoms with E-state index in [0.29, 0.717) is 17.9 Å². The number of hydrogen-bond donors (Lipinski definition) is 0. The van der Waals surface area contributed by atoms with Crippen LogP contribution in [-0.2, 0) is 12.6 Å². The summed E-state index contributed by atoms with van der Waals surface area (Å²) in [5.41, 5.74) is -0.0984. The summed E-state index contributed by atoms with van der Waals surface area (Å²) in [6, 6.07) is 5.83. The molecule has 0 N–H and O–H groups in total. The fraction of sp³-hybridized carbons (Fsp3) is 0.538. The predicted molar refractivity (Wildman–Crippen MR) is 59.2 cm³/mol. The SMILES string of the molecule is CC(C)C(C)Cc1ccccc1C(F)(F)F. The first-order valence-corrected chi connectivity index (χ1v) is 5.47. The van der Waals surface area contributed by atoms with Crippen LogP contribution in [0, 0.1) is 11.8 Å². The summed E-state index contributed by atoms with van der Waals surface area (Å²) in [7, 11) is 0. The van der Waals surface area contributed by atoms with E-state index in [1.807, 2.05) is 20.8 Å². The van der Waals surface area contributed by atoms with Crippen LogP contribution in [0.25, 0.3) is 0 Å². The average Bonchev–Trinajstić information content (AvgIpc) is 2.16. The highest BCUT2D eigenvalue weighted by Gasteiger charge is 2.33. The Bertz CT molecular complexity index is 339. The van der Waals surface area contributed by atoms with Crippen LogP contribution >= 0.6 is 0 Å². The molecular formula is C13H17F3. The Hall–Kier alpha value is -0.990. The van der Waals surface area contributed by atoms with Gasteiger partial charge in [-0.2, -0.15) is 13.2 Å². The first kappa shape index (κ1) is 13.1. The van der Waals surface area contributed by atoms with E-state index in [0.717, 1.165) is 6.07 Å². The Morgan fingerprint density at radius 2 is 1.62 bits per heavy atom. The second-order valence-corrected chi connectivity index (χ2v) is 4.58. The molecule has 1 rings (SSSR count). The van der Waals surface area contributed by atoms with Gasteiger partial charge in [0, 0.05) is 0 Å². The molecule has 0 aliphatic rings.